The van der Waals surface area contributed by atoms with Crippen molar-refractivity contribution >= 4 is 5.97 Å². The van der Waals surface area contributed by atoms with Crippen LogP contribution in [-0.2, 0) is 4.74 Å². The summed E-state index contributed by atoms with van der Waals surface area (Å²) in [6.45, 7) is 1.50. The van der Waals surface area contributed by atoms with Gasteiger partial charge in [0.05, 0.1) is 11.7 Å². The summed E-state index contributed by atoms with van der Waals surface area (Å²) in [5.74, 6) is -6.34. The molecule has 0 saturated carbocycles. The Balaban J connectivity index is 2.13. The zero-order valence-corrected chi connectivity index (χ0v) is 13.2. The lowest BCUT2D eigenvalue weighted by Gasteiger charge is -2.18. The molecule has 140 valence electrons. The van der Waals surface area contributed by atoms with E-state index in [2.05, 4.69) is 4.74 Å². The number of rotatable bonds is 5. The van der Waals surface area contributed by atoms with Crippen molar-refractivity contribution in [3.8, 4) is 5.75 Å². The molecule has 0 bridgehead atoms. The van der Waals surface area contributed by atoms with E-state index in [0.717, 1.165) is 0 Å². The topological polar surface area (TPSA) is 35.5 Å². The van der Waals surface area contributed by atoms with Gasteiger partial charge in [0.1, 0.15) is 5.75 Å². The molecule has 0 heterocycles. The molecule has 0 saturated heterocycles. The maximum atomic E-state index is 13.1. The Morgan fingerprint density at radius 1 is 1.04 bits per heavy atom. The Kier molecular flexibility index (Phi) is 5.91. The summed E-state index contributed by atoms with van der Waals surface area (Å²) in [4.78, 5) is 11.9. The number of carbonyl (C=O) groups is 1. The van der Waals surface area contributed by atoms with Crippen LogP contribution in [0.15, 0.2) is 36.4 Å². The zero-order chi connectivity index (χ0) is 19.5. The van der Waals surface area contributed by atoms with Gasteiger partial charge in [-0.3, -0.25) is 4.74 Å². The van der Waals surface area contributed by atoms with Crippen molar-refractivity contribution in [2.45, 2.75) is 25.8 Å². The van der Waals surface area contributed by atoms with Gasteiger partial charge in [0.15, 0.2) is 17.5 Å². The smallest absolute Gasteiger partial charge is 0.423 e. The summed E-state index contributed by atoms with van der Waals surface area (Å²) in [7, 11) is 0. The molecule has 2 rings (SSSR count). The highest BCUT2D eigenvalue weighted by molar-refractivity contribution is 5.91. The second-order valence-corrected chi connectivity index (χ2v) is 5.17. The van der Waals surface area contributed by atoms with Gasteiger partial charge in [-0.15, -0.1) is 13.2 Å². The normalized spacial score (nSPS) is 12.7. The van der Waals surface area contributed by atoms with Gasteiger partial charge in [0.2, 0.25) is 0 Å². The van der Waals surface area contributed by atoms with E-state index in [1.54, 1.807) is 0 Å². The molecule has 0 spiro atoms. The van der Waals surface area contributed by atoms with Gasteiger partial charge in [0, 0.05) is 12.1 Å². The van der Waals surface area contributed by atoms with E-state index in [-0.39, 0.29) is 17.5 Å². The average molecular weight is 378 g/mol. The maximum Gasteiger partial charge on any atom is 0.523 e. The summed E-state index contributed by atoms with van der Waals surface area (Å²) in [6, 6.07) is 5.82. The molecular weight excluding hydrogens is 366 g/mol. The highest BCUT2D eigenvalue weighted by Crippen LogP contribution is 2.30. The van der Waals surface area contributed by atoms with Gasteiger partial charge in [-0.05, 0) is 24.1 Å². The van der Waals surface area contributed by atoms with Gasteiger partial charge in [-0.1, -0.05) is 19.1 Å². The molecule has 0 fully saturated rings. The lowest BCUT2D eigenvalue weighted by Crippen LogP contribution is -2.18. The molecule has 9 heteroatoms. The molecule has 0 aliphatic rings. The largest absolute Gasteiger partial charge is 0.523 e. The van der Waals surface area contributed by atoms with Crippen LogP contribution < -0.4 is 4.74 Å². The van der Waals surface area contributed by atoms with Crippen LogP contribution in [0.4, 0.5) is 26.3 Å². The molecule has 0 N–H and O–H groups in total. The molecule has 0 aromatic heterocycles. The van der Waals surface area contributed by atoms with Crippen LogP contribution in [0.3, 0.4) is 0 Å². The zero-order valence-electron chi connectivity index (χ0n) is 13.2. The highest BCUT2D eigenvalue weighted by Gasteiger charge is 2.33. The van der Waals surface area contributed by atoms with E-state index in [4.69, 9.17) is 4.74 Å². The van der Waals surface area contributed by atoms with Gasteiger partial charge >= 0.3 is 12.3 Å². The summed E-state index contributed by atoms with van der Waals surface area (Å²) in [5.41, 5.74) is 0.0981. The molecule has 0 radical (unpaired) electrons. The number of hydrogen-bond donors (Lipinski definition) is 0. The average Bonchev–Trinajstić information content (AvgIpc) is 2.57. The second-order valence-electron chi connectivity index (χ2n) is 5.17. The first-order valence-electron chi connectivity index (χ1n) is 7.32. The molecule has 0 aliphatic carbocycles. The van der Waals surface area contributed by atoms with Gasteiger partial charge < -0.3 is 4.74 Å². The molecule has 26 heavy (non-hydrogen) atoms. The number of ether oxygens (including phenoxy) is 2. The summed E-state index contributed by atoms with van der Waals surface area (Å²) >= 11 is 0. The van der Waals surface area contributed by atoms with Gasteiger partial charge in [-0.2, -0.15) is 0 Å². The Morgan fingerprint density at radius 3 is 2.04 bits per heavy atom. The van der Waals surface area contributed by atoms with Crippen LogP contribution in [0.25, 0.3) is 0 Å². The number of hydrogen-bond acceptors (Lipinski definition) is 3. The highest BCUT2D eigenvalue weighted by atomic mass is 19.4. The third-order valence-electron chi connectivity index (χ3n) is 3.33. The second kappa shape index (κ2) is 7.77. The van der Waals surface area contributed by atoms with Crippen LogP contribution in [0.5, 0.6) is 5.75 Å². The number of carbonyl (C=O) groups excluding carboxylic acids is 1. The fourth-order valence-corrected chi connectivity index (χ4v) is 2.14. The van der Waals surface area contributed by atoms with E-state index < -0.39 is 41.6 Å². The fraction of sp³-hybridized carbons (Fsp3) is 0.235. The summed E-state index contributed by atoms with van der Waals surface area (Å²) in [5, 5.41) is 0. The third-order valence-corrected chi connectivity index (χ3v) is 3.33. The predicted molar refractivity (Wildman–Crippen MR) is 77.9 cm³/mol. The van der Waals surface area contributed by atoms with Crippen LogP contribution in [-0.4, -0.2) is 12.3 Å². The standard InChI is InChI=1S/C17H12F6O3/c1-2-14(26-17(21,22)23)9-3-5-10(6-4-9)16(24)25-11-7-12(18)15(20)13(19)8-11/h3-8,14H,2H2,1H3. The molecule has 0 amide bonds. The number of esters is 1. The quantitative estimate of drug-likeness (QED) is 0.306. The van der Waals surface area contributed by atoms with E-state index in [1.165, 1.54) is 31.2 Å². The fourth-order valence-electron chi connectivity index (χ4n) is 2.14. The minimum Gasteiger partial charge on any atom is -0.423 e. The SMILES string of the molecule is CCC(OC(F)(F)F)c1ccc(C(=O)Oc2cc(F)c(F)c(F)c2)cc1. The predicted octanol–water partition coefficient (Wildman–Crippen LogP) is 5.31. The number of benzene rings is 2. The Hall–Kier alpha value is -2.55. The maximum absolute atomic E-state index is 13.1. The molecule has 2 aromatic carbocycles. The van der Waals surface area contributed by atoms with Crippen molar-refractivity contribution in [3.05, 3.63) is 65.0 Å². The monoisotopic (exact) mass is 378 g/mol. The van der Waals surface area contributed by atoms with E-state index in [1.807, 2.05) is 0 Å². The minimum atomic E-state index is -4.81. The Labute approximate surface area is 144 Å². The van der Waals surface area contributed by atoms with Crippen LogP contribution in [0.2, 0.25) is 0 Å². The number of halogens is 6. The molecule has 0 aliphatic heterocycles. The first-order valence-corrected chi connectivity index (χ1v) is 7.32. The van der Waals surface area contributed by atoms with Crippen molar-refractivity contribution in [1.29, 1.82) is 0 Å². The molecule has 2 aromatic rings. The lowest BCUT2D eigenvalue weighted by atomic mass is 10.1. The van der Waals surface area contributed by atoms with Crippen LogP contribution >= 0.6 is 0 Å². The van der Waals surface area contributed by atoms with E-state index >= 15 is 0 Å². The van der Waals surface area contributed by atoms with E-state index in [9.17, 15) is 31.1 Å². The number of alkyl halides is 3. The Bertz CT molecular complexity index is 763. The summed E-state index contributed by atoms with van der Waals surface area (Å²) < 4.78 is 84.8. The molecule has 1 atom stereocenters. The Morgan fingerprint density at radius 2 is 1.58 bits per heavy atom. The van der Waals surface area contributed by atoms with Crippen LogP contribution in [0.1, 0.15) is 35.4 Å². The molecule has 3 nitrogen and oxygen atoms in total. The first kappa shape index (κ1) is 19.8. The van der Waals surface area contributed by atoms with Crippen molar-refractivity contribution in [3.63, 3.8) is 0 Å². The van der Waals surface area contributed by atoms with Crippen molar-refractivity contribution in [2.24, 2.45) is 0 Å². The van der Waals surface area contributed by atoms with Crippen molar-refractivity contribution in [2.75, 3.05) is 0 Å². The van der Waals surface area contributed by atoms with E-state index in [0.29, 0.717) is 12.1 Å². The van der Waals surface area contributed by atoms with Crippen molar-refractivity contribution in [1.82, 2.24) is 0 Å². The van der Waals surface area contributed by atoms with Crippen LogP contribution in [0, 0.1) is 17.5 Å². The summed E-state index contributed by atoms with van der Waals surface area (Å²) in [6.07, 6.45) is -6.02. The minimum absolute atomic E-state index is 0.0391. The molecule has 1 unspecified atom stereocenters. The third kappa shape index (κ3) is 4.98. The van der Waals surface area contributed by atoms with Gasteiger partial charge in [0.25, 0.3) is 0 Å². The first-order chi connectivity index (χ1) is 12.1. The van der Waals surface area contributed by atoms with Gasteiger partial charge in [-0.25, -0.2) is 18.0 Å². The van der Waals surface area contributed by atoms with Crippen molar-refractivity contribution < 1.29 is 40.6 Å². The molecular formula is C17H12F6O3. The lowest BCUT2D eigenvalue weighted by molar-refractivity contribution is -0.345.